The van der Waals surface area contributed by atoms with Crippen LogP contribution in [0.25, 0.3) is 0 Å². The monoisotopic (exact) mass is 396 g/mol. The number of aliphatic hydroxyl groups excluding tert-OH is 2. The molecule has 146 valence electrons. The third-order valence-electron chi connectivity index (χ3n) is 4.67. The molecule has 2 atom stereocenters. The Labute approximate surface area is 156 Å². The van der Waals surface area contributed by atoms with E-state index in [1.54, 1.807) is 18.3 Å². The molecule has 1 aromatic heterocycles. The summed E-state index contributed by atoms with van der Waals surface area (Å²) < 4.78 is 46.2. The van der Waals surface area contributed by atoms with Gasteiger partial charge in [0.05, 0.1) is 29.9 Å². The summed E-state index contributed by atoms with van der Waals surface area (Å²) in [7, 11) is -3.87. The maximum atomic E-state index is 13.0. The first kappa shape index (κ1) is 19.7. The summed E-state index contributed by atoms with van der Waals surface area (Å²) in [6.07, 6.45) is 1.57. The molecular weight excluding hydrogens is 375 g/mol. The first-order valence-corrected chi connectivity index (χ1v) is 9.92. The average molecular weight is 396 g/mol. The third-order valence-corrected chi connectivity index (χ3v) is 6.09. The van der Waals surface area contributed by atoms with Gasteiger partial charge in [0.1, 0.15) is 11.6 Å². The van der Waals surface area contributed by atoms with Crippen molar-refractivity contribution in [2.45, 2.75) is 29.9 Å². The number of nitrogens with one attached hydrogen (secondary N) is 1. The van der Waals surface area contributed by atoms with Crippen LogP contribution < -0.4 is 9.46 Å². The van der Waals surface area contributed by atoms with Crippen molar-refractivity contribution in [1.29, 1.82) is 0 Å². The SMILES string of the molecule is O=S(=O)(NCC1(COc2cccnc2)CC(O)C(O)C1)c1ccc(F)cc1. The van der Waals surface area contributed by atoms with Gasteiger partial charge in [-0.25, -0.2) is 17.5 Å². The number of sulfonamides is 1. The van der Waals surface area contributed by atoms with Gasteiger partial charge in [-0.1, -0.05) is 0 Å². The Morgan fingerprint density at radius 3 is 2.44 bits per heavy atom. The average Bonchev–Trinajstić information content (AvgIpc) is 2.94. The van der Waals surface area contributed by atoms with Gasteiger partial charge in [-0.2, -0.15) is 0 Å². The Kier molecular flexibility index (Phi) is 5.75. The number of benzene rings is 1. The number of rotatable bonds is 7. The second kappa shape index (κ2) is 7.89. The van der Waals surface area contributed by atoms with Crippen molar-refractivity contribution in [2.75, 3.05) is 13.2 Å². The summed E-state index contributed by atoms with van der Waals surface area (Å²) in [4.78, 5) is 3.89. The topological polar surface area (TPSA) is 109 Å². The zero-order valence-electron chi connectivity index (χ0n) is 14.5. The van der Waals surface area contributed by atoms with Gasteiger partial charge in [-0.3, -0.25) is 4.98 Å². The quantitative estimate of drug-likeness (QED) is 0.646. The molecule has 1 aliphatic rings. The highest BCUT2D eigenvalue weighted by molar-refractivity contribution is 7.89. The fraction of sp³-hybridized carbons (Fsp3) is 0.389. The van der Waals surface area contributed by atoms with E-state index in [4.69, 9.17) is 4.74 Å². The molecule has 1 saturated carbocycles. The largest absolute Gasteiger partial charge is 0.491 e. The molecule has 3 N–H and O–H groups in total. The number of aliphatic hydroxyl groups is 2. The summed E-state index contributed by atoms with van der Waals surface area (Å²) in [5.41, 5.74) is -0.790. The summed E-state index contributed by atoms with van der Waals surface area (Å²) in [5.74, 6) is -0.0218. The minimum absolute atomic E-state index is 0.0406. The molecule has 0 amide bonds. The van der Waals surface area contributed by atoms with E-state index in [2.05, 4.69) is 9.71 Å². The van der Waals surface area contributed by atoms with Crippen LogP contribution in [0.5, 0.6) is 5.75 Å². The molecule has 0 bridgehead atoms. The van der Waals surface area contributed by atoms with Crippen LogP contribution in [0.2, 0.25) is 0 Å². The van der Waals surface area contributed by atoms with Gasteiger partial charge in [0.15, 0.2) is 0 Å². The Morgan fingerprint density at radius 1 is 1.19 bits per heavy atom. The Bertz CT molecular complexity index is 851. The molecule has 2 aromatic rings. The number of aromatic nitrogens is 1. The maximum absolute atomic E-state index is 13.0. The lowest BCUT2D eigenvalue weighted by atomic mass is 9.87. The van der Waals surface area contributed by atoms with Crippen LogP contribution in [0.1, 0.15) is 12.8 Å². The number of nitrogens with zero attached hydrogens (tertiary/aromatic N) is 1. The van der Waals surface area contributed by atoms with Gasteiger partial charge in [-0.05, 0) is 49.2 Å². The van der Waals surface area contributed by atoms with Crippen molar-refractivity contribution >= 4 is 10.0 Å². The molecule has 1 aromatic carbocycles. The van der Waals surface area contributed by atoms with E-state index < -0.39 is 33.5 Å². The molecule has 1 aliphatic carbocycles. The first-order chi connectivity index (χ1) is 12.8. The van der Waals surface area contributed by atoms with Crippen molar-refractivity contribution in [3.63, 3.8) is 0 Å². The second-order valence-electron chi connectivity index (χ2n) is 6.80. The van der Waals surface area contributed by atoms with Crippen molar-refractivity contribution in [3.8, 4) is 5.75 Å². The van der Waals surface area contributed by atoms with Crippen molar-refractivity contribution in [3.05, 3.63) is 54.6 Å². The molecule has 0 saturated heterocycles. The molecule has 1 heterocycles. The van der Waals surface area contributed by atoms with Gasteiger partial charge in [0, 0.05) is 18.2 Å². The van der Waals surface area contributed by atoms with E-state index in [9.17, 15) is 23.0 Å². The van der Waals surface area contributed by atoms with Gasteiger partial charge in [0.25, 0.3) is 0 Å². The fourth-order valence-corrected chi connectivity index (χ4v) is 4.33. The van der Waals surface area contributed by atoms with Gasteiger partial charge >= 0.3 is 0 Å². The number of halogens is 1. The number of hydrogen-bond donors (Lipinski definition) is 3. The molecule has 27 heavy (non-hydrogen) atoms. The van der Waals surface area contributed by atoms with E-state index in [0.717, 1.165) is 12.1 Å². The van der Waals surface area contributed by atoms with E-state index in [0.29, 0.717) is 5.75 Å². The normalized spacial score (nSPS) is 25.4. The molecule has 2 unspecified atom stereocenters. The lowest BCUT2D eigenvalue weighted by Crippen LogP contribution is -2.40. The molecule has 7 nitrogen and oxygen atoms in total. The standard InChI is InChI=1S/C18H21FN2O5S/c19-13-3-5-15(6-4-13)27(24,25)21-11-18(8-16(22)17(23)9-18)12-26-14-2-1-7-20-10-14/h1-7,10,16-17,21-23H,8-9,11-12H2. The van der Waals surface area contributed by atoms with Crippen LogP contribution >= 0.6 is 0 Å². The lowest BCUT2D eigenvalue weighted by Gasteiger charge is -2.29. The number of ether oxygens (including phenoxy) is 1. The predicted octanol–water partition coefficient (Wildman–Crippen LogP) is 1.08. The minimum atomic E-state index is -3.87. The molecule has 0 radical (unpaired) electrons. The highest BCUT2D eigenvalue weighted by Crippen LogP contribution is 2.39. The third kappa shape index (κ3) is 4.81. The summed E-state index contributed by atoms with van der Waals surface area (Å²) in [6, 6.07) is 7.91. The first-order valence-electron chi connectivity index (χ1n) is 8.44. The highest BCUT2D eigenvalue weighted by Gasteiger charge is 2.45. The fourth-order valence-electron chi connectivity index (χ4n) is 3.17. The van der Waals surface area contributed by atoms with Crippen LogP contribution in [0, 0.1) is 11.2 Å². The minimum Gasteiger partial charge on any atom is -0.491 e. The van der Waals surface area contributed by atoms with Crippen molar-refractivity contribution in [1.82, 2.24) is 9.71 Å². The number of hydrogen-bond acceptors (Lipinski definition) is 6. The van der Waals surface area contributed by atoms with Crippen LogP contribution in [0.15, 0.2) is 53.7 Å². The maximum Gasteiger partial charge on any atom is 0.240 e. The van der Waals surface area contributed by atoms with E-state index >= 15 is 0 Å². The van der Waals surface area contributed by atoms with Gasteiger partial charge < -0.3 is 14.9 Å². The second-order valence-corrected chi connectivity index (χ2v) is 8.57. The Balaban J connectivity index is 1.73. The smallest absolute Gasteiger partial charge is 0.240 e. The molecule has 0 spiro atoms. The summed E-state index contributed by atoms with van der Waals surface area (Å²) in [6.45, 7) is 0.0554. The molecule has 1 fully saturated rings. The molecule has 3 rings (SSSR count). The van der Waals surface area contributed by atoms with Crippen LogP contribution in [-0.2, 0) is 10.0 Å². The Hall–Kier alpha value is -2.07. The van der Waals surface area contributed by atoms with Crippen LogP contribution in [0.3, 0.4) is 0 Å². The molecule has 9 heteroatoms. The molecular formula is C18H21FN2O5S. The zero-order valence-corrected chi connectivity index (χ0v) is 15.3. The summed E-state index contributed by atoms with van der Waals surface area (Å²) in [5, 5.41) is 19.9. The number of pyridine rings is 1. The lowest BCUT2D eigenvalue weighted by molar-refractivity contribution is 0.0438. The predicted molar refractivity (Wildman–Crippen MR) is 95.0 cm³/mol. The van der Waals surface area contributed by atoms with Gasteiger partial charge in [0.2, 0.25) is 10.0 Å². The highest BCUT2D eigenvalue weighted by atomic mass is 32.2. The van der Waals surface area contributed by atoms with Crippen molar-refractivity contribution in [2.24, 2.45) is 5.41 Å². The zero-order chi connectivity index (χ0) is 19.5. The Morgan fingerprint density at radius 2 is 1.85 bits per heavy atom. The van der Waals surface area contributed by atoms with Crippen molar-refractivity contribution < 1.29 is 27.8 Å². The van der Waals surface area contributed by atoms with E-state index in [1.165, 1.54) is 18.3 Å². The van der Waals surface area contributed by atoms with E-state index in [-0.39, 0.29) is 30.9 Å². The van der Waals surface area contributed by atoms with E-state index in [1.807, 2.05) is 0 Å². The molecule has 0 aliphatic heterocycles. The van der Waals surface area contributed by atoms with Gasteiger partial charge in [-0.15, -0.1) is 0 Å². The summed E-state index contributed by atoms with van der Waals surface area (Å²) >= 11 is 0. The van der Waals surface area contributed by atoms with Crippen LogP contribution in [0.4, 0.5) is 4.39 Å². The van der Waals surface area contributed by atoms with Crippen LogP contribution in [-0.4, -0.2) is 49.0 Å².